The fourth-order valence-corrected chi connectivity index (χ4v) is 4.56. The van der Waals surface area contributed by atoms with E-state index < -0.39 is 5.82 Å². The van der Waals surface area contributed by atoms with E-state index >= 15 is 0 Å². The average molecular weight is 463 g/mol. The van der Waals surface area contributed by atoms with Crippen molar-refractivity contribution >= 4 is 23.5 Å². The SMILES string of the molecule is CCCC1=CC(Nc2cc(N3CCN(C)CC3)nc(Oc3cc4c(cc3F)CC(C)=C4)n2)=NC1. The Hall–Kier alpha value is -3.26. The molecule has 0 spiro atoms. The number of aromatic nitrogens is 2. The minimum absolute atomic E-state index is 0.118. The smallest absolute Gasteiger partial charge is 0.326 e. The average Bonchev–Trinajstić information content (AvgIpc) is 3.39. The van der Waals surface area contributed by atoms with Crippen molar-refractivity contribution in [2.24, 2.45) is 4.99 Å². The maximum absolute atomic E-state index is 14.8. The Morgan fingerprint density at radius 3 is 2.71 bits per heavy atom. The van der Waals surface area contributed by atoms with Crippen molar-refractivity contribution in [3.05, 3.63) is 52.4 Å². The summed E-state index contributed by atoms with van der Waals surface area (Å²) in [5, 5.41) is 3.31. The molecule has 1 aromatic carbocycles. The molecule has 0 saturated carbocycles. The first-order chi connectivity index (χ1) is 16.5. The number of likely N-dealkylation sites (N-methyl/N-ethyl adjacent to an activating group) is 1. The second-order valence-electron chi connectivity index (χ2n) is 9.31. The van der Waals surface area contributed by atoms with E-state index in [1.807, 2.05) is 13.0 Å². The van der Waals surface area contributed by atoms with Crippen LogP contribution in [0.2, 0.25) is 0 Å². The topological polar surface area (TPSA) is 65.9 Å². The van der Waals surface area contributed by atoms with Gasteiger partial charge in [0.05, 0.1) is 6.54 Å². The Morgan fingerprint density at radius 1 is 1.09 bits per heavy atom. The summed E-state index contributed by atoms with van der Waals surface area (Å²) in [4.78, 5) is 18.3. The van der Waals surface area contributed by atoms with Gasteiger partial charge in [-0.3, -0.25) is 4.99 Å². The monoisotopic (exact) mass is 462 g/mol. The van der Waals surface area contributed by atoms with E-state index in [9.17, 15) is 4.39 Å². The third kappa shape index (κ3) is 4.97. The van der Waals surface area contributed by atoms with Gasteiger partial charge in [0.25, 0.3) is 0 Å². The van der Waals surface area contributed by atoms with Gasteiger partial charge in [0.2, 0.25) is 0 Å². The lowest BCUT2D eigenvalue weighted by Gasteiger charge is -2.33. The molecule has 0 radical (unpaired) electrons. The molecule has 34 heavy (non-hydrogen) atoms. The van der Waals surface area contributed by atoms with Crippen molar-refractivity contribution in [1.29, 1.82) is 0 Å². The van der Waals surface area contributed by atoms with E-state index in [1.54, 1.807) is 12.1 Å². The second kappa shape index (κ2) is 9.54. The molecule has 3 heterocycles. The number of halogens is 1. The van der Waals surface area contributed by atoms with Crippen LogP contribution in [-0.4, -0.2) is 60.5 Å². The van der Waals surface area contributed by atoms with Gasteiger partial charge >= 0.3 is 6.01 Å². The quantitative estimate of drug-likeness (QED) is 0.673. The maximum atomic E-state index is 14.8. The highest BCUT2D eigenvalue weighted by Gasteiger charge is 2.21. The van der Waals surface area contributed by atoms with Gasteiger partial charge in [0, 0.05) is 32.2 Å². The first-order valence-electron chi connectivity index (χ1n) is 12.0. The van der Waals surface area contributed by atoms with Gasteiger partial charge < -0.3 is 19.9 Å². The summed E-state index contributed by atoms with van der Waals surface area (Å²) in [7, 11) is 2.12. The third-order valence-electron chi connectivity index (χ3n) is 6.41. The number of allylic oxidation sites excluding steroid dienone is 1. The van der Waals surface area contributed by atoms with E-state index in [0.717, 1.165) is 68.2 Å². The normalized spacial score (nSPS) is 17.9. The van der Waals surface area contributed by atoms with E-state index in [4.69, 9.17) is 4.74 Å². The zero-order valence-corrected chi connectivity index (χ0v) is 20.1. The lowest BCUT2D eigenvalue weighted by atomic mass is 10.1. The molecule has 1 saturated heterocycles. The molecule has 0 atom stereocenters. The van der Waals surface area contributed by atoms with Gasteiger partial charge in [0.1, 0.15) is 17.5 Å². The summed E-state index contributed by atoms with van der Waals surface area (Å²) in [6.07, 6.45) is 7.04. The van der Waals surface area contributed by atoms with Crippen LogP contribution in [-0.2, 0) is 6.42 Å². The summed E-state index contributed by atoms with van der Waals surface area (Å²) in [5.41, 5.74) is 4.47. The molecule has 178 valence electrons. The first kappa shape index (κ1) is 22.5. The summed E-state index contributed by atoms with van der Waals surface area (Å²) < 4.78 is 20.8. The number of ether oxygens (including phenoxy) is 1. The Balaban J connectivity index is 1.44. The molecule has 3 aliphatic rings. The van der Waals surface area contributed by atoms with E-state index in [-0.39, 0.29) is 11.8 Å². The number of hydrogen-bond donors (Lipinski definition) is 1. The molecule has 8 heteroatoms. The van der Waals surface area contributed by atoms with Crippen molar-refractivity contribution in [2.45, 2.75) is 33.1 Å². The van der Waals surface area contributed by atoms with Crippen LogP contribution in [0.25, 0.3) is 6.08 Å². The van der Waals surface area contributed by atoms with Crippen molar-refractivity contribution in [3.8, 4) is 11.8 Å². The number of hydrogen-bond acceptors (Lipinski definition) is 7. The number of fused-ring (bicyclic) bond motifs is 1. The summed E-state index contributed by atoms with van der Waals surface area (Å²) in [6, 6.07) is 5.32. The molecule has 5 rings (SSSR count). The molecule has 2 aromatic rings. The highest BCUT2D eigenvalue weighted by Crippen LogP contribution is 2.33. The predicted octanol–water partition coefficient (Wildman–Crippen LogP) is 4.67. The van der Waals surface area contributed by atoms with Gasteiger partial charge in [-0.1, -0.05) is 25.0 Å². The van der Waals surface area contributed by atoms with Crippen LogP contribution in [0.5, 0.6) is 11.8 Å². The van der Waals surface area contributed by atoms with E-state index in [0.29, 0.717) is 12.4 Å². The zero-order valence-electron chi connectivity index (χ0n) is 20.1. The van der Waals surface area contributed by atoms with Gasteiger partial charge in [0.15, 0.2) is 11.6 Å². The van der Waals surface area contributed by atoms with Crippen LogP contribution in [0.4, 0.5) is 16.0 Å². The lowest BCUT2D eigenvalue weighted by Crippen LogP contribution is -2.44. The van der Waals surface area contributed by atoms with Crippen LogP contribution in [0, 0.1) is 5.82 Å². The second-order valence-corrected chi connectivity index (χ2v) is 9.31. The van der Waals surface area contributed by atoms with Crippen molar-refractivity contribution < 1.29 is 9.13 Å². The molecule has 1 fully saturated rings. The van der Waals surface area contributed by atoms with Gasteiger partial charge in [-0.05, 0) is 61.7 Å². The number of aliphatic imine (C=N–C) groups is 1. The Labute approximate surface area is 200 Å². The number of benzene rings is 1. The minimum Gasteiger partial charge on any atom is -0.421 e. The number of rotatable bonds is 6. The number of nitrogens with zero attached hydrogens (tertiary/aromatic N) is 5. The van der Waals surface area contributed by atoms with Crippen LogP contribution in [0.1, 0.15) is 37.8 Å². The molecular formula is C26H31FN6O. The van der Waals surface area contributed by atoms with Crippen molar-refractivity contribution in [2.75, 3.05) is 50.0 Å². The van der Waals surface area contributed by atoms with Crippen molar-refractivity contribution in [3.63, 3.8) is 0 Å². The Kier molecular flexibility index (Phi) is 6.32. The molecule has 1 aromatic heterocycles. The molecule has 1 aliphatic carbocycles. The molecule has 0 amide bonds. The molecular weight excluding hydrogens is 431 g/mol. The number of amidine groups is 1. The number of piperazine rings is 1. The summed E-state index contributed by atoms with van der Waals surface area (Å²) in [5.74, 6) is 1.85. The van der Waals surface area contributed by atoms with Gasteiger partial charge in [-0.25, -0.2) is 4.39 Å². The Morgan fingerprint density at radius 2 is 1.91 bits per heavy atom. The zero-order chi connectivity index (χ0) is 23.7. The van der Waals surface area contributed by atoms with Gasteiger partial charge in [-0.2, -0.15) is 9.97 Å². The van der Waals surface area contributed by atoms with Gasteiger partial charge in [-0.15, -0.1) is 0 Å². The standard InChI is InChI=1S/C26H31FN6O/c1-4-5-18-12-23(28-16-18)29-24-15-25(33-8-6-32(3)7-9-33)31-26(30-24)34-22-14-20-11-17(2)10-19(20)13-21(22)27/h11-15H,4-10,16H2,1-3H3,(H,28,29,30,31). The van der Waals surface area contributed by atoms with Crippen LogP contribution in [0.3, 0.4) is 0 Å². The fourth-order valence-electron chi connectivity index (χ4n) is 4.56. The number of nitrogens with one attached hydrogen (secondary N) is 1. The van der Waals surface area contributed by atoms with E-state index in [1.165, 1.54) is 11.1 Å². The number of anilines is 2. The van der Waals surface area contributed by atoms with Crippen molar-refractivity contribution in [1.82, 2.24) is 14.9 Å². The van der Waals surface area contributed by atoms with Crippen LogP contribution < -0.4 is 15.0 Å². The lowest BCUT2D eigenvalue weighted by molar-refractivity contribution is 0.311. The van der Waals surface area contributed by atoms with E-state index in [2.05, 4.69) is 56.2 Å². The Bertz CT molecular complexity index is 1180. The largest absolute Gasteiger partial charge is 0.421 e. The fraction of sp³-hybridized carbons (Fsp3) is 0.423. The highest BCUT2D eigenvalue weighted by molar-refractivity contribution is 6.05. The summed E-state index contributed by atoms with van der Waals surface area (Å²) >= 11 is 0. The minimum atomic E-state index is -0.405. The maximum Gasteiger partial charge on any atom is 0.326 e. The van der Waals surface area contributed by atoms with Crippen LogP contribution >= 0.6 is 0 Å². The molecule has 2 aliphatic heterocycles. The molecule has 0 unspecified atom stereocenters. The molecule has 1 N–H and O–H groups in total. The highest BCUT2D eigenvalue weighted by atomic mass is 19.1. The summed E-state index contributed by atoms with van der Waals surface area (Å²) in [6.45, 7) is 8.52. The first-order valence-corrected chi connectivity index (χ1v) is 12.0. The predicted molar refractivity (Wildman–Crippen MR) is 134 cm³/mol. The third-order valence-corrected chi connectivity index (χ3v) is 6.41. The van der Waals surface area contributed by atoms with Crippen LogP contribution in [0.15, 0.2) is 40.4 Å². The molecule has 0 bridgehead atoms. The molecule has 7 nitrogen and oxygen atoms in total.